The van der Waals surface area contributed by atoms with E-state index in [2.05, 4.69) is 14.9 Å². The topological polar surface area (TPSA) is 115 Å². The van der Waals surface area contributed by atoms with Crippen molar-refractivity contribution in [1.82, 2.24) is 14.5 Å². The van der Waals surface area contributed by atoms with Crippen LogP contribution in [0.3, 0.4) is 0 Å². The van der Waals surface area contributed by atoms with Gasteiger partial charge in [0.1, 0.15) is 6.04 Å². The minimum absolute atomic E-state index is 0.211. The Kier molecular flexibility index (Phi) is 4.00. The van der Waals surface area contributed by atoms with Crippen LogP contribution in [-0.2, 0) is 15.0 Å². The SMILES string of the molecule is Cc1n[nH]c(C)c1NS(=O)(=O)N1CCCCC1C(=O)O. The summed E-state index contributed by atoms with van der Waals surface area (Å²) in [6, 6.07) is -1.01. The van der Waals surface area contributed by atoms with Crippen molar-refractivity contribution < 1.29 is 18.3 Å². The van der Waals surface area contributed by atoms with Crippen molar-refractivity contribution in [3.8, 4) is 0 Å². The van der Waals surface area contributed by atoms with Crippen molar-refractivity contribution in [3.63, 3.8) is 0 Å². The van der Waals surface area contributed by atoms with Gasteiger partial charge in [0.2, 0.25) is 0 Å². The zero-order valence-electron chi connectivity index (χ0n) is 11.4. The first-order valence-electron chi connectivity index (χ1n) is 6.37. The molecule has 1 fully saturated rings. The monoisotopic (exact) mass is 302 g/mol. The molecule has 0 spiro atoms. The maximum atomic E-state index is 12.4. The minimum Gasteiger partial charge on any atom is -0.480 e. The molecule has 0 radical (unpaired) electrons. The molecule has 20 heavy (non-hydrogen) atoms. The highest BCUT2D eigenvalue weighted by molar-refractivity contribution is 7.90. The van der Waals surface area contributed by atoms with Gasteiger partial charge in [-0.1, -0.05) is 0 Å². The Balaban J connectivity index is 2.27. The van der Waals surface area contributed by atoms with Gasteiger partial charge in [-0.3, -0.25) is 14.6 Å². The first-order valence-corrected chi connectivity index (χ1v) is 7.81. The van der Waals surface area contributed by atoms with E-state index < -0.39 is 22.2 Å². The van der Waals surface area contributed by atoms with Crippen LogP contribution in [0.2, 0.25) is 0 Å². The Labute approximate surface area is 117 Å². The number of anilines is 1. The third-order valence-corrected chi connectivity index (χ3v) is 4.92. The van der Waals surface area contributed by atoms with Gasteiger partial charge in [0.05, 0.1) is 17.1 Å². The molecule has 1 aromatic heterocycles. The molecule has 1 unspecified atom stereocenters. The Morgan fingerprint density at radius 2 is 2.15 bits per heavy atom. The van der Waals surface area contributed by atoms with Gasteiger partial charge in [0.25, 0.3) is 0 Å². The molecule has 0 aromatic carbocycles. The largest absolute Gasteiger partial charge is 0.480 e. The smallest absolute Gasteiger partial charge is 0.322 e. The van der Waals surface area contributed by atoms with Gasteiger partial charge in [0.15, 0.2) is 0 Å². The highest BCUT2D eigenvalue weighted by atomic mass is 32.2. The molecule has 1 atom stereocenters. The van der Waals surface area contributed by atoms with Gasteiger partial charge >= 0.3 is 16.2 Å². The number of carboxylic acids is 1. The number of hydrogen-bond donors (Lipinski definition) is 3. The predicted molar refractivity (Wildman–Crippen MR) is 72.6 cm³/mol. The van der Waals surface area contributed by atoms with E-state index in [0.717, 1.165) is 4.31 Å². The zero-order valence-corrected chi connectivity index (χ0v) is 12.2. The molecular weight excluding hydrogens is 284 g/mol. The fourth-order valence-corrected chi connectivity index (χ4v) is 3.90. The van der Waals surface area contributed by atoms with E-state index in [9.17, 15) is 13.2 Å². The van der Waals surface area contributed by atoms with Crippen LogP contribution in [0.15, 0.2) is 0 Å². The highest BCUT2D eigenvalue weighted by Crippen LogP contribution is 2.24. The average molecular weight is 302 g/mol. The molecule has 0 aliphatic carbocycles. The summed E-state index contributed by atoms with van der Waals surface area (Å²) < 4.78 is 28.2. The molecule has 1 aliphatic heterocycles. The zero-order chi connectivity index (χ0) is 14.9. The van der Waals surface area contributed by atoms with Crippen LogP contribution >= 0.6 is 0 Å². The lowest BCUT2D eigenvalue weighted by Gasteiger charge is -2.31. The van der Waals surface area contributed by atoms with Gasteiger partial charge < -0.3 is 5.11 Å². The second-order valence-corrected chi connectivity index (χ2v) is 6.50. The van der Waals surface area contributed by atoms with Crippen molar-refractivity contribution in [2.45, 2.75) is 39.2 Å². The van der Waals surface area contributed by atoms with Gasteiger partial charge in [-0.15, -0.1) is 0 Å². The highest BCUT2D eigenvalue weighted by Gasteiger charge is 2.37. The molecule has 1 aromatic rings. The number of piperidine rings is 1. The number of carbonyl (C=O) groups is 1. The van der Waals surface area contributed by atoms with E-state index in [1.165, 1.54) is 0 Å². The van der Waals surface area contributed by atoms with Gasteiger partial charge in [-0.05, 0) is 33.1 Å². The van der Waals surface area contributed by atoms with E-state index in [-0.39, 0.29) is 6.54 Å². The third kappa shape index (κ3) is 2.78. The van der Waals surface area contributed by atoms with Crippen molar-refractivity contribution in [1.29, 1.82) is 0 Å². The Bertz CT molecular complexity index is 590. The van der Waals surface area contributed by atoms with E-state index in [0.29, 0.717) is 36.3 Å². The summed E-state index contributed by atoms with van der Waals surface area (Å²) in [5.41, 5.74) is 1.49. The maximum Gasteiger partial charge on any atom is 0.322 e. The van der Waals surface area contributed by atoms with Gasteiger partial charge in [-0.25, -0.2) is 0 Å². The molecule has 2 rings (SSSR count). The standard InChI is InChI=1S/C11H18N4O4S/c1-7-10(8(2)13-12-7)14-20(18,19)15-6-4-3-5-9(15)11(16)17/h9,14H,3-6H2,1-2H3,(H,12,13)(H,16,17). The predicted octanol–water partition coefficient (Wildman–Crippen LogP) is 0.622. The van der Waals surface area contributed by atoms with Gasteiger partial charge in [-0.2, -0.15) is 17.8 Å². The number of aryl methyl sites for hydroxylation is 2. The van der Waals surface area contributed by atoms with Crippen LogP contribution in [0, 0.1) is 13.8 Å². The molecule has 1 saturated heterocycles. The summed E-state index contributed by atoms with van der Waals surface area (Å²) in [6.45, 7) is 3.58. The number of hydrogen-bond acceptors (Lipinski definition) is 4. The van der Waals surface area contributed by atoms with Crippen LogP contribution in [0.25, 0.3) is 0 Å². The average Bonchev–Trinajstić information content (AvgIpc) is 2.70. The van der Waals surface area contributed by atoms with E-state index in [1.807, 2.05) is 0 Å². The number of aliphatic carboxylic acids is 1. The second kappa shape index (κ2) is 5.41. The van der Waals surface area contributed by atoms with Crippen molar-refractivity contribution in [2.75, 3.05) is 11.3 Å². The number of carboxylic acid groups (broad SMARTS) is 1. The lowest BCUT2D eigenvalue weighted by molar-refractivity contribution is -0.142. The molecule has 1 aliphatic rings. The minimum atomic E-state index is -3.90. The number of nitrogens with zero attached hydrogens (tertiary/aromatic N) is 2. The van der Waals surface area contributed by atoms with Crippen LogP contribution in [0.4, 0.5) is 5.69 Å². The van der Waals surface area contributed by atoms with Crippen LogP contribution in [-0.4, -0.2) is 46.6 Å². The fourth-order valence-electron chi connectivity index (χ4n) is 2.33. The number of aromatic amines is 1. The quantitative estimate of drug-likeness (QED) is 0.754. The normalized spacial score (nSPS) is 20.8. The molecule has 9 heteroatoms. The third-order valence-electron chi connectivity index (χ3n) is 3.41. The number of rotatable bonds is 4. The Morgan fingerprint density at radius 3 is 2.70 bits per heavy atom. The summed E-state index contributed by atoms with van der Waals surface area (Å²) in [5.74, 6) is -1.12. The van der Waals surface area contributed by atoms with Crippen LogP contribution in [0.5, 0.6) is 0 Å². The molecule has 0 bridgehead atoms. The number of aromatic nitrogens is 2. The molecule has 8 nitrogen and oxygen atoms in total. The Morgan fingerprint density at radius 1 is 1.45 bits per heavy atom. The summed E-state index contributed by atoms with van der Waals surface area (Å²) in [4.78, 5) is 11.2. The summed E-state index contributed by atoms with van der Waals surface area (Å²) in [5, 5.41) is 15.8. The molecule has 0 amide bonds. The van der Waals surface area contributed by atoms with Crippen molar-refractivity contribution in [3.05, 3.63) is 11.4 Å². The van der Waals surface area contributed by atoms with Crippen LogP contribution in [0.1, 0.15) is 30.7 Å². The summed E-state index contributed by atoms with van der Waals surface area (Å²) >= 11 is 0. The first kappa shape index (κ1) is 14.8. The number of nitrogens with one attached hydrogen (secondary N) is 2. The molecular formula is C11H18N4O4S. The Hall–Kier alpha value is -1.61. The molecule has 112 valence electrons. The van der Waals surface area contributed by atoms with Crippen LogP contribution < -0.4 is 4.72 Å². The van der Waals surface area contributed by atoms with E-state index in [1.54, 1.807) is 13.8 Å². The first-order chi connectivity index (χ1) is 9.33. The number of H-pyrrole nitrogens is 1. The molecule has 3 N–H and O–H groups in total. The second-order valence-electron chi connectivity index (χ2n) is 4.88. The van der Waals surface area contributed by atoms with Gasteiger partial charge in [0, 0.05) is 6.54 Å². The van der Waals surface area contributed by atoms with Crippen molar-refractivity contribution in [2.24, 2.45) is 0 Å². The van der Waals surface area contributed by atoms with E-state index in [4.69, 9.17) is 5.11 Å². The van der Waals surface area contributed by atoms with Crippen molar-refractivity contribution >= 4 is 21.9 Å². The summed E-state index contributed by atoms with van der Waals surface area (Å²) in [6.07, 6.45) is 1.71. The molecule has 2 heterocycles. The lowest BCUT2D eigenvalue weighted by Crippen LogP contribution is -2.50. The lowest BCUT2D eigenvalue weighted by atomic mass is 10.1. The maximum absolute atomic E-state index is 12.4. The molecule has 0 saturated carbocycles. The fraction of sp³-hybridized carbons (Fsp3) is 0.636. The summed E-state index contributed by atoms with van der Waals surface area (Å²) in [7, 11) is -3.90. The van der Waals surface area contributed by atoms with E-state index >= 15 is 0 Å².